The van der Waals surface area contributed by atoms with Gasteiger partial charge in [-0.25, -0.2) is 8.78 Å². The molecule has 9 heteroatoms. The number of aryl methyl sites for hydroxylation is 1. The largest absolute Gasteiger partial charge is 0.420 e. The van der Waals surface area contributed by atoms with E-state index < -0.39 is 29.3 Å². The summed E-state index contributed by atoms with van der Waals surface area (Å²) in [6, 6.07) is 0. The van der Waals surface area contributed by atoms with Gasteiger partial charge in [0.1, 0.15) is 11.3 Å². The number of aromatic nitrogens is 2. The van der Waals surface area contributed by atoms with Gasteiger partial charge in [-0.15, -0.1) is 0 Å². The van der Waals surface area contributed by atoms with Crippen molar-refractivity contribution in [2.45, 2.75) is 51.3 Å². The van der Waals surface area contributed by atoms with Crippen molar-refractivity contribution >= 4 is 5.91 Å². The van der Waals surface area contributed by atoms with E-state index in [9.17, 15) is 26.7 Å². The van der Waals surface area contributed by atoms with Crippen molar-refractivity contribution in [1.29, 1.82) is 0 Å². The summed E-state index contributed by atoms with van der Waals surface area (Å²) in [6.45, 7) is 1.12. The Bertz CT molecular complexity index is 569. The van der Waals surface area contributed by atoms with Gasteiger partial charge in [-0.05, 0) is 25.7 Å². The average Bonchev–Trinajstić information content (AvgIpc) is 2.68. The Morgan fingerprint density at radius 3 is 2.36 bits per heavy atom. The number of nitrogens with zero attached hydrogens (tertiary/aromatic N) is 2. The molecule has 0 aliphatic heterocycles. The van der Waals surface area contributed by atoms with Gasteiger partial charge < -0.3 is 5.73 Å². The first-order valence-corrected chi connectivity index (χ1v) is 6.83. The van der Waals surface area contributed by atoms with Crippen molar-refractivity contribution in [2.24, 2.45) is 11.7 Å². The molecule has 1 fully saturated rings. The van der Waals surface area contributed by atoms with Crippen LogP contribution < -0.4 is 5.73 Å². The molecule has 1 aliphatic carbocycles. The topological polar surface area (TPSA) is 60.9 Å². The lowest BCUT2D eigenvalue weighted by molar-refractivity contribution is -0.138. The molecule has 22 heavy (non-hydrogen) atoms. The van der Waals surface area contributed by atoms with Gasteiger partial charge in [0.25, 0.3) is 5.91 Å². The van der Waals surface area contributed by atoms with Crippen molar-refractivity contribution in [1.82, 2.24) is 9.78 Å². The highest BCUT2D eigenvalue weighted by molar-refractivity contribution is 5.93. The van der Waals surface area contributed by atoms with Crippen LogP contribution >= 0.6 is 0 Å². The minimum atomic E-state index is -4.74. The van der Waals surface area contributed by atoms with E-state index in [-0.39, 0.29) is 43.8 Å². The molecule has 0 saturated heterocycles. The smallest absolute Gasteiger partial charge is 0.364 e. The van der Waals surface area contributed by atoms with E-state index in [0.717, 1.165) is 11.6 Å². The number of amides is 1. The molecule has 124 valence electrons. The summed E-state index contributed by atoms with van der Waals surface area (Å²) in [4.78, 5) is 11.4. The second kappa shape index (κ2) is 5.51. The highest BCUT2D eigenvalue weighted by Crippen LogP contribution is 2.38. The van der Waals surface area contributed by atoms with E-state index in [0.29, 0.717) is 0 Å². The summed E-state index contributed by atoms with van der Waals surface area (Å²) in [5, 5.41) is 3.74. The molecule has 1 aromatic rings. The number of rotatable bonds is 3. The Balaban J connectivity index is 2.27. The molecule has 0 bridgehead atoms. The monoisotopic (exact) mass is 325 g/mol. The lowest BCUT2D eigenvalue weighted by atomic mass is 9.87. The van der Waals surface area contributed by atoms with Gasteiger partial charge in [0.2, 0.25) is 5.92 Å². The zero-order chi connectivity index (χ0) is 16.7. The number of alkyl halides is 5. The van der Waals surface area contributed by atoms with Crippen LogP contribution in [0, 0.1) is 12.8 Å². The molecule has 0 unspecified atom stereocenters. The number of carbonyl (C=O) groups is 1. The molecule has 1 heterocycles. The molecule has 1 amide bonds. The fourth-order valence-corrected chi connectivity index (χ4v) is 2.83. The van der Waals surface area contributed by atoms with E-state index >= 15 is 0 Å². The van der Waals surface area contributed by atoms with Crippen molar-refractivity contribution in [3.63, 3.8) is 0 Å². The van der Waals surface area contributed by atoms with Gasteiger partial charge in [0, 0.05) is 19.4 Å². The molecular weight excluding hydrogens is 309 g/mol. The van der Waals surface area contributed by atoms with Gasteiger partial charge in [-0.1, -0.05) is 0 Å². The first kappa shape index (κ1) is 16.7. The lowest BCUT2D eigenvalue weighted by Gasteiger charge is -2.28. The van der Waals surface area contributed by atoms with Gasteiger partial charge in [-0.2, -0.15) is 18.3 Å². The van der Waals surface area contributed by atoms with Gasteiger partial charge in [-0.3, -0.25) is 9.48 Å². The lowest BCUT2D eigenvalue weighted by Crippen LogP contribution is -2.29. The van der Waals surface area contributed by atoms with Crippen LogP contribution in [-0.4, -0.2) is 21.6 Å². The Morgan fingerprint density at radius 2 is 1.91 bits per heavy atom. The van der Waals surface area contributed by atoms with Gasteiger partial charge in [0.15, 0.2) is 0 Å². The van der Waals surface area contributed by atoms with Crippen molar-refractivity contribution in [2.75, 3.05) is 0 Å². The van der Waals surface area contributed by atoms with Crippen LogP contribution in [0.5, 0.6) is 0 Å². The standard InChI is InChI=1S/C13H16F5N3O/c1-7-9(13(16,17)18)10(11(19)22)21(20-7)6-8-2-4-12(14,15)5-3-8/h8H,2-6H2,1H3,(H2,19,22). The zero-order valence-electron chi connectivity index (χ0n) is 11.9. The minimum absolute atomic E-state index is 0.0225. The van der Waals surface area contributed by atoms with Crippen LogP contribution in [0.1, 0.15) is 47.4 Å². The SMILES string of the molecule is Cc1nn(CC2CCC(F)(F)CC2)c(C(N)=O)c1C(F)(F)F. The van der Waals surface area contributed by atoms with Crippen molar-refractivity contribution < 1.29 is 26.7 Å². The molecule has 2 rings (SSSR count). The summed E-state index contributed by atoms with van der Waals surface area (Å²) in [5.41, 5.74) is 2.85. The van der Waals surface area contributed by atoms with E-state index in [1.807, 2.05) is 0 Å². The number of hydrogen-bond acceptors (Lipinski definition) is 2. The Labute approximate surface area is 123 Å². The third-order valence-electron chi connectivity index (χ3n) is 3.91. The predicted molar refractivity (Wildman–Crippen MR) is 67.4 cm³/mol. The number of halogens is 5. The van der Waals surface area contributed by atoms with E-state index in [4.69, 9.17) is 5.73 Å². The van der Waals surface area contributed by atoms with Gasteiger partial charge in [0.05, 0.1) is 5.69 Å². The van der Waals surface area contributed by atoms with Crippen molar-refractivity contribution in [3.05, 3.63) is 17.0 Å². The van der Waals surface area contributed by atoms with Crippen LogP contribution in [0.25, 0.3) is 0 Å². The van der Waals surface area contributed by atoms with Crippen LogP contribution in [0.4, 0.5) is 22.0 Å². The molecule has 1 aliphatic rings. The zero-order valence-corrected chi connectivity index (χ0v) is 11.9. The van der Waals surface area contributed by atoms with Crippen LogP contribution in [0.3, 0.4) is 0 Å². The summed E-state index contributed by atoms with van der Waals surface area (Å²) in [6.07, 6.45) is -5.02. The van der Waals surface area contributed by atoms with Crippen LogP contribution in [0.2, 0.25) is 0 Å². The molecule has 4 nitrogen and oxygen atoms in total. The number of primary amides is 1. The maximum Gasteiger partial charge on any atom is 0.420 e. The highest BCUT2D eigenvalue weighted by atomic mass is 19.4. The first-order valence-electron chi connectivity index (χ1n) is 6.83. The molecule has 2 N–H and O–H groups in total. The molecule has 0 aromatic carbocycles. The predicted octanol–water partition coefficient (Wildman–Crippen LogP) is 3.13. The number of nitrogens with two attached hydrogens (primary N) is 1. The molecule has 0 spiro atoms. The highest BCUT2D eigenvalue weighted by Gasteiger charge is 2.41. The third kappa shape index (κ3) is 3.38. The Morgan fingerprint density at radius 1 is 1.36 bits per heavy atom. The van der Waals surface area contributed by atoms with Crippen LogP contribution in [0.15, 0.2) is 0 Å². The fourth-order valence-electron chi connectivity index (χ4n) is 2.83. The third-order valence-corrected chi connectivity index (χ3v) is 3.91. The second-order valence-electron chi connectivity index (χ2n) is 5.65. The first-order chi connectivity index (χ1) is 10.0. The summed E-state index contributed by atoms with van der Waals surface area (Å²) in [7, 11) is 0. The number of hydrogen-bond donors (Lipinski definition) is 1. The van der Waals surface area contributed by atoms with E-state index in [1.165, 1.54) is 0 Å². The fraction of sp³-hybridized carbons (Fsp3) is 0.692. The Kier molecular flexibility index (Phi) is 4.18. The minimum Gasteiger partial charge on any atom is -0.364 e. The molecule has 1 aromatic heterocycles. The summed E-state index contributed by atoms with van der Waals surface area (Å²) in [5.74, 6) is -4.20. The van der Waals surface area contributed by atoms with Crippen molar-refractivity contribution in [3.8, 4) is 0 Å². The summed E-state index contributed by atoms with van der Waals surface area (Å²) >= 11 is 0. The molecule has 0 atom stereocenters. The molecule has 0 radical (unpaired) electrons. The van der Waals surface area contributed by atoms with E-state index in [1.54, 1.807) is 0 Å². The summed E-state index contributed by atoms with van der Waals surface area (Å²) < 4.78 is 66.1. The second-order valence-corrected chi connectivity index (χ2v) is 5.65. The molecular formula is C13H16F5N3O. The number of carbonyl (C=O) groups excluding carboxylic acids is 1. The molecule has 1 saturated carbocycles. The normalized spacial score (nSPS) is 19.4. The van der Waals surface area contributed by atoms with Crippen LogP contribution in [-0.2, 0) is 12.7 Å². The maximum atomic E-state index is 13.1. The Hall–Kier alpha value is -1.67. The van der Waals surface area contributed by atoms with Gasteiger partial charge >= 0.3 is 6.18 Å². The maximum absolute atomic E-state index is 13.1. The van der Waals surface area contributed by atoms with E-state index in [2.05, 4.69) is 5.10 Å². The average molecular weight is 325 g/mol. The quantitative estimate of drug-likeness (QED) is 0.868.